The van der Waals surface area contributed by atoms with Crippen molar-refractivity contribution in [3.05, 3.63) is 24.3 Å². The van der Waals surface area contributed by atoms with Crippen molar-refractivity contribution in [2.75, 3.05) is 5.73 Å². The number of thioether (sulfide) groups is 1. The van der Waals surface area contributed by atoms with Crippen molar-refractivity contribution in [2.45, 2.75) is 48.3 Å². The Morgan fingerprint density at radius 1 is 1.15 bits per heavy atom. The summed E-state index contributed by atoms with van der Waals surface area (Å²) in [5, 5.41) is -0.312. The van der Waals surface area contributed by atoms with Crippen LogP contribution in [0, 0.1) is 0 Å². The third kappa shape index (κ3) is 2.42. The number of carbonyl (C=O) groups excluding carboxylic acids is 2. The lowest BCUT2D eigenvalue weighted by atomic mass is 10.2. The second kappa shape index (κ2) is 5.48. The number of hydrogen-bond acceptors (Lipinski definition) is 4. The lowest BCUT2D eigenvalue weighted by Crippen LogP contribution is -2.39. The van der Waals surface area contributed by atoms with Crippen LogP contribution < -0.4 is 5.73 Å². The van der Waals surface area contributed by atoms with E-state index in [1.807, 2.05) is 24.3 Å². The Morgan fingerprint density at radius 2 is 1.85 bits per heavy atom. The molecule has 2 amide bonds. The van der Waals surface area contributed by atoms with Gasteiger partial charge in [-0.25, -0.2) is 0 Å². The first-order valence-electron chi connectivity index (χ1n) is 7.04. The van der Waals surface area contributed by atoms with E-state index < -0.39 is 0 Å². The van der Waals surface area contributed by atoms with Gasteiger partial charge in [0.25, 0.3) is 0 Å². The fourth-order valence-electron chi connectivity index (χ4n) is 3.00. The molecule has 1 aliphatic heterocycles. The molecule has 1 aromatic carbocycles. The summed E-state index contributed by atoms with van der Waals surface area (Å²) >= 11 is 1.42. The zero-order chi connectivity index (χ0) is 14.1. The van der Waals surface area contributed by atoms with E-state index in [-0.39, 0.29) is 23.1 Å². The number of nitrogen functional groups attached to an aromatic ring is 1. The molecule has 2 N–H and O–H groups in total. The molecule has 1 saturated carbocycles. The maximum Gasteiger partial charge on any atom is 0.243 e. The van der Waals surface area contributed by atoms with Gasteiger partial charge in [-0.05, 0) is 25.0 Å². The van der Waals surface area contributed by atoms with Crippen LogP contribution in [0.2, 0.25) is 0 Å². The molecule has 1 aliphatic carbocycles. The van der Waals surface area contributed by atoms with Crippen molar-refractivity contribution < 1.29 is 9.59 Å². The summed E-state index contributed by atoms with van der Waals surface area (Å²) in [6, 6.07) is 7.61. The van der Waals surface area contributed by atoms with Crippen LogP contribution in [0.5, 0.6) is 0 Å². The van der Waals surface area contributed by atoms with Gasteiger partial charge >= 0.3 is 0 Å². The third-order valence-corrected chi connectivity index (χ3v) is 5.30. The number of para-hydroxylation sites is 1. The summed E-state index contributed by atoms with van der Waals surface area (Å²) in [7, 11) is 0. The second-order valence-electron chi connectivity index (χ2n) is 5.39. The largest absolute Gasteiger partial charge is 0.398 e. The summed E-state index contributed by atoms with van der Waals surface area (Å²) in [6.45, 7) is 0. The molecule has 0 bridgehead atoms. The van der Waals surface area contributed by atoms with Gasteiger partial charge in [0, 0.05) is 23.0 Å². The fraction of sp³-hybridized carbons (Fsp3) is 0.467. The molecule has 20 heavy (non-hydrogen) atoms. The number of likely N-dealkylation sites (tertiary alicyclic amines) is 1. The minimum absolute atomic E-state index is 0.0195. The molecular formula is C15H18N2O2S. The SMILES string of the molecule is Nc1ccccc1SC1CC(=O)N(C2CCCC2)C1=O. The predicted octanol–water partition coefficient (Wildman–Crippen LogP) is 2.43. The fourth-order valence-corrected chi connectivity index (χ4v) is 4.11. The zero-order valence-electron chi connectivity index (χ0n) is 11.2. The highest BCUT2D eigenvalue weighted by Crippen LogP contribution is 2.37. The number of anilines is 1. The molecule has 106 valence electrons. The van der Waals surface area contributed by atoms with Gasteiger partial charge in [0.2, 0.25) is 11.8 Å². The predicted molar refractivity (Wildman–Crippen MR) is 79.2 cm³/mol. The molecule has 2 fully saturated rings. The monoisotopic (exact) mass is 290 g/mol. The van der Waals surface area contributed by atoms with E-state index in [0.717, 1.165) is 30.6 Å². The smallest absolute Gasteiger partial charge is 0.243 e. The molecule has 1 unspecified atom stereocenters. The number of benzene rings is 1. The number of amides is 2. The number of nitrogens with zero attached hydrogens (tertiary/aromatic N) is 1. The van der Waals surface area contributed by atoms with Gasteiger partial charge in [-0.1, -0.05) is 25.0 Å². The van der Waals surface area contributed by atoms with Gasteiger partial charge in [0.05, 0.1) is 5.25 Å². The Balaban J connectivity index is 1.74. The summed E-state index contributed by atoms with van der Waals surface area (Å²) < 4.78 is 0. The van der Waals surface area contributed by atoms with E-state index in [1.165, 1.54) is 16.7 Å². The highest BCUT2D eigenvalue weighted by molar-refractivity contribution is 8.00. The van der Waals surface area contributed by atoms with Crippen LogP contribution in [0.25, 0.3) is 0 Å². The summed E-state index contributed by atoms with van der Waals surface area (Å²) in [4.78, 5) is 27.0. The Labute approximate surface area is 122 Å². The minimum atomic E-state index is -0.312. The maximum atomic E-state index is 12.5. The molecule has 4 nitrogen and oxygen atoms in total. The molecule has 0 radical (unpaired) electrons. The van der Waals surface area contributed by atoms with Crippen molar-refractivity contribution in [3.8, 4) is 0 Å². The van der Waals surface area contributed by atoms with E-state index in [9.17, 15) is 9.59 Å². The first-order valence-corrected chi connectivity index (χ1v) is 7.92. The molecule has 2 aliphatic rings. The van der Waals surface area contributed by atoms with Crippen LogP contribution in [0.15, 0.2) is 29.2 Å². The molecule has 3 rings (SSSR count). The normalized spacial score (nSPS) is 23.8. The summed E-state index contributed by atoms with van der Waals surface area (Å²) in [6.07, 6.45) is 4.45. The zero-order valence-corrected chi connectivity index (χ0v) is 12.1. The van der Waals surface area contributed by atoms with Gasteiger partial charge < -0.3 is 5.73 Å². The summed E-state index contributed by atoms with van der Waals surface area (Å²) in [5.41, 5.74) is 6.57. The summed E-state index contributed by atoms with van der Waals surface area (Å²) in [5.74, 6) is -0.0518. The van der Waals surface area contributed by atoms with Crippen LogP contribution >= 0.6 is 11.8 Å². The van der Waals surface area contributed by atoms with Crippen LogP contribution in [0.4, 0.5) is 5.69 Å². The number of hydrogen-bond donors (Lipinski definition) is 1. The average molecular weight is 290 g/mol. The van der Waals surface area contributed by atoms with Gasteiger partial charge in [0.1, 0.15) is 0 Å². The molecule has 5 heteroatoms. The quantitative estimate of drug-likeness (QED) is 0.686. The number of rotatable bonds is 3. The molecule has 1 aromatic rings. The van der Waals surface area contributed by atoms with Gasteiger partial charge in [-0.2, -0.15) is 0 Å². The lowest BCUT2D eigenvalue weighted by Gasteiger charge is -2.22. The van der Waals surface area contributed by atoms with Crippen molar-refractivity contribution >= 4 is 29.3 Å². The Morgan fingerprint density at radius 3 is 2.55 bits per heavy atom. The van der Waals surface area contributed by atoms with E-state index in [4.69, 9.17) is 5.73 Å². The van der Waals surface area contributed by atoms with Crippen molar-refractivity contribution in [1.29, 1.82) is 0 Å². The number of carbonyl (C=O) groups is 2. The van der Waals surface area contributed by atoms with Crippen LogP contribution in [-0.2, 0) is 9.59 Å². The Hall–Kier alpha value is -1.49. The van der Waals surface area contributed by atoms with E-state index in [0.29, 0.717) is 12.1 Å². The third-order valence-electron chi connectivity index (χ3n) is 4.02. The first-order chi connectivity index (χ1) is 9.66. The number of imide groups is 1. The van der Waals surface area contributed by atoms with Gasteiger partial charge in [-0.15, -0.1) is 11.8 Å². The standard InChI is InChI=1S/C15H18N2O2S/c16-11-7-3-4-8-12(11)20-13-9-14(18)17(15(13)19)10-5-1-2-6-10/h3-4,7-8,10,13H,1-2,5-6,9,16H2. The number of nitrogens with two attached hydrogens (primary N) is 1. The van der Waals surface area contributed by atoms with Gasteiger partial charge in [0.15, 0.2) is 0 Å². The highest BCUT2D eigenvalue weighted by atomic mass is 32.2. The Kier molecular flexibility index (Phi) is 3.70. The first kappa shape index (κ1) is 13.5. The Bertz CT molecular complexity index is 540. The van der Waals surface area contributed by atoms with E-state index in [1.54, 1.807) is 0 Å². The van der Waals surface area contributed by atoms with Crippen LogP contribution in [-0.4, -0.2) is 28.0 Å². The minimum Gasteiger partial charge on any atom is -0.398 e. The lowest BCUT2D eigenvalue weighted by molar-refractivity contribution is -0.140. The molecule has 1 saturated heterocycles. The molecule has 0 aromatic heterocycles. The molecule has 1 heterocycles. The second-order valence-corrected chi connectivity index (χ2v) is 6.63. The van der Waals surface area contributed by atoms with Crippen LogP contribution in [0.3, 0.4) is 0 Å². The molecular weight excluding hydrogens is 272 g/mol. The van der Waals surface area contributed by atoms with E-state index >= 15 is 0 Å². The highest BCUT2D eigenvalue weighted by Gasteiger charge is 2.43. The average Bonchev–Trinajstić information content (AvgIpc) is 3.02. The maximum absolute atomic E-state index is 12.5. The van der Waals surface area contributed by atoms with E-state index in [2.05, 4.69) is 0 Å². The van der Waals surface area contributed by atoms with Crippen molar-refractivity contribution in [1.82, 2.24) is 4.90 Å². The van der Waals surface area contributed by atoms with Crippen molar-refractivity contribution in [2.24, 2.45) is 0 Å². The topological polar surface area (TPSA) is 63.4 Å². The molecule has 1 atom stereocenters. The van der Waals surface area contributed by atoms with Gasteiger partial charge in [-0.3, -0.25) is 14.5 Å². The van der Waals surface area contributed by atoms with Crippen LogP contribution in [0.1, 0.15) is 32.1 Å². The van der Waals surface area contributed by atoms with Crippen molar-refractivity contribution in [3.63, 3.8) is 0 Å². The molecule has 0 spiro atoms.